The molecule has 5 heteroatoms. The Morgan fingerprint density at radius 2 is 2.24 bits per heavy atom. The van der Waals surface area contributed by atoms with E-state index in [2.05, 4.69) is 5.32 Å². The summed E-state index contributed by atoms with van der Waals surface area (Å²) in [5.41, 5.74) is 0.00660. The van der Waals surface area contributed by atoms with Gasteiger partial charge in [0.1, 0.15) is 5.82 Å². The SMILES string of the molecule is CC(CCCCl)NC(=O)c1ccc(Cl)cc1F. The van der Waals surface area contributed by atoms with Gasteiger partial charge in [0.15, 0.2) is 0 Å². The largest absolute Gasteiger partial charge is 0.349 e. The summed E-state index contributed by atoms with van der Waals surface area (Å²) in [5.74, 6) is -0.490. The van der Waals surface area contributed by atoms with Crippen molar-refractivity contribution in [3.8, 4) is 0 Å². The average molecular weight is 278 g/mol. The fraction of sp³-hybridized carbons (Fsp3) is 0.417. The van der Waals surface area contributed by atoms with Crippen molar-refractivity contribution >= 4 is 29.1 Å². The number of hydrogen-bond acceptors (Lipinski definition) is 1. The molecule has 17 heavy (non-hydrogen) atoms. The molecule has 1 atom stereocenters. The number of hydrogen-bond donors (Lipinski definition) is 1. The van der Waals surface area contributed by atoms with E-state index < -0.39 is 11.7 Å². The number of carbonyl (C=O) groups excluding carboxylic acids is 1. The molecule has 0 aliphatic rings. The Morgan fingerprint density at radius 3 is 2.82 bits per heavy atom. The topological polar surface area (TPSA) is 29.1 Å². The molecule has 0 radical (unpaired) electrons. The van der Waals surface area contributed by atoms with Crippen molar-refractivity contribution in [3.63, 3.8) is 0 Å². The molecule has 2 nitrogen and oxygen atoms in total. The van der Waals surface area contributed by atoms with Crippen LogP contribution in [0.5, 0.6) is 0 Å². The number of halogens is 3. The molecule has 1 rings (SSSR count). The molecule has 94 valence electrons. The second kappa shape index (κ2) is 6.82. The lowest BCUT2D eigenvalue weighted by Gasteiger charge is -2.13. The lowest BCUT2D eigenvalue weighted by Crippen LogP contribution is -2.33. The zero-order valence-electron chi connectivity index (χ0n) is 9.47. The van der Waals surface area contributed by atoms with Crippen LogP contribution in [0.3, 0.4) is 0 Å². The van der Waals surface area contributed by atoms with Crippen LogP contribution in [-0.2, 0) is 0 Å². The van der Waals surface area contributed by atoms with Crippen LogP contribution >= 0.6 is 23.2 Å². The number of rotatable bonds is 5. The van der Waals surface area contributed by atoms with E-state index in [4.69, 9.17) is 23.2 Å². The van der Waals surface area contributed by atoms with Gasteiger partial charge >= 0.3 is 0 Å². The van der Waals surface area contributed by atoms with Gasteiger partial charge in [-0.15, -0.1) is 11.6 Å². The van der Waals surface area contributed by atoms with E-state index in [0.29, 0.717) is 5.88 Å². The minimum Gasteiger partial charge on any atom is -0.349 e. The highest BCUT2D eigenvalue weighted by molar-refractivity contribution is 6.30. The van der Waals surface area contributed by atoms with E-state index in [0.717, 1.165) is 18.9 Å². The van der Waals surface area contributed by atoms with E-state index in [1.54, 1.807) is 0 Å². The van der Waals surface area contributed by atoms with E-state index in [1.165, 1.54) is 12.1 Å². The summed E-state index contributed by atoms with van der Waals surface area (Å²) < 4.78 is 13.4. The predicted molar refractivity (Wildman–Crippen MR) is 68.3 cm³/mol. The number of nitrogens with one attached hydrogen (secondary N) is 1. The van der Waals surface area contributed by atoms with Crippen molar-refractivity contribution in [2.24, 2.45) is 0 Å². The Bertz CT molecular complexity index is 398. The van der Waals surface area contributed by atoms with Crippen molar-refractivity contribution in [3.05, 3.63) is 34.6 Å². The zero-order chi connectivity index (χ0) is 12.8. The van der Waals surface area contributed by atoms with Crippen LogP contribution in [-0.4, -0.2) is 17.8 Å². The maximum Gasteiger partial charge on any atom is 0.254 e. The van der Waals surface area contributed by atoms with Gasteiger partial charge in [-0.25, -0.2) is 4.39 Å². The normalized spacial score (nSPS) is 12.2. The summed E-state index contributed by atoms with van der Waals surface area (Å²) in [7, 11) is 0. The monoisotopic (exact) mass is 277 g/mol. The second-order valence-electron chi connectivity index (χ2n) is 3.83. The molecule has 0 saturated carbocycles. The maximum atomic E-state index is 13.4. The van der Waals surface area contributed by atoms with Gasteiger partial charge in [-0.2, -0.15) is 0 Å². The van der Waals surface area contributed by atoms with Crippen molar-refractivity contribution in [1.82, 2.24) is 5.32 Å². The molecular weight excluding hydrogens is 264 g/mol. The molecule has 0 aliphatic carbocycles. The van der Waals surface area contributed by atoms with Crippen LogP contribution in [0.1, 0.15) is 30.1 Å². The third-order valence-corrected chi connectivity index (χ3v) is 2.83. The predicted octanol–water partition coefficient (Wildman–Crippen LogP) is 3.62. The molecule has 1 amide bonds. The van der Waals surface area contributed by atoms with Gasteiger partial charge in [-0.1, -0.05) is 11.6 Å². The lowest BCUT2D eigenvalue weighted by molar-refractivity contribution is 0.0934. The minimum atomic E-state index is -0.612. The first-order valence-electron chi connectivity index (χ1n) is 5.36. The summed E-state index contributed by atoms with van der Waals surface area (Å²) in [6, 6.07) is 3.96. The lowest BCUT2D eigenvalue weighted by atomic mass is 10.1. The molecule has 0 aliphatic heterocycles. The molecule has 1 aromatic rings. The molecule has 0 heterocycles. The van der Waals surface area contributed by atoms with Crippen molar-refractivity contribution < 1.29 is 9.18 Å². The van der Waals surface area contributed by atoms with Crippen LogP contribution in [0.15, 0.2) is 18.2 Å². The van der Waals surface area contributed by atoms with E-state index >= 15 is 0 Å². The average Bonchev–Trinajstić information content (AvgIpc) is 2.26. The highest BCUT2D eigenvalue weighted by atomic mass is 35.5. The molecule has 0 bridgehead atoms. The van der Waals surface area contributed by atoms with E-state index in [-0.39, 0.29) is 16.6 Å². The van der Waals surface area contributed by atoms with Crippen LogP contribution < -0.4 is 5.32 Å². The third kappa shape index (κ3) is 4.52. The van der Waals surface area contributed by atoms with Crippen molar-refractivity contribution in [2.75, 3.05) is 5.88 Å². The Kier molecular flexibility index (Phi) is 5.72. The van der Waals surface area contributed by atoms with Crippen LogP contribution in [0, 0.1) is 5.82 Å². The molecule has 0 aromatic heterocycles. The molecule has 0 saturated heterocycles. The van der Waals surface area contributed by atoms with Gasteiger partial charge in [0.05, 0.1) is 5.56 Å². The summed E-state index contributed by atoms with van der Waals surface area (Å²) >= 11 is 11.2. The molecule has 0 fully saturated rings. The number of benzene rings is 1. The Morgan fingerprint density at radius 1 is 1.53 bits per heavy atom. The number of carbonyl (C=O) groups is 1. The van der Waals surface area contributed by atoms with Gasteiger partial charge in [0, 0.05) is 16.9 Å². The third-order valence-electron chi connectivity index (χ3n) is 2.32. The first-order valence-corrected chi connectivity index (χ1v) is 6.27. The van der Waals surface area contributed by atoms with Crippen molar-refractivity contribution in [2.45, 2.75) is 25.8 Å². The molecule has 1 N–H and O–H groups in total. The number of alkyl halides is 1. The van der Waals surface area contributed by atoms with Crippen LogP contribution in [0.4, 0.5) is 4.39 Å². The highest BCUT2D eigenvalue weighted by Gasteiger charge is 2.13. The van der Waals surface area contributed by atoms with Gasteiger partial charge in [0.25, 0.3) is 5.91 Å². The summed E-state index contributed by atoms with van der Waals surface area (Å²) in [6.07, 6.45) is 1.58. The highest BCUT2D eigenvalue weighted by Crippen LogP contribution is 2.14. The van der Waals surface area contributed by atoms with Gasteiger partial charge in [-0.05, 0) is 38.0 Å². The second-order valence-corrected chi connectivity index (χ2v) is 4.64. The Hall–Kier alpha value is -0.800. The van der Waals surface area contributed by atoms with Gasteiger partial charge in [-0.3, -0.25) is 4.79 Å². The van der Waals surface area contributed by atoms with Crippen LogP contribution in [0.2, 0.25) is 5.02 Å². The first-order chi connectivity index (χ1) is 8.04. The zero-order valence-corrected chi connectivity index (χ0v) is 11.0. The van der Waals surface area contributed by atoms with E-state index in [9.17, 15) is 9.18 Å². The first kappa shape index (κ1) is 14.3. The number of amides is 1. The smallest absolute Gasteiger partial charge is 0.254 e. The van der Waals surface area contributed by atoms with Crippen molar-refractivity contribution in [1.29, 1.82) is 0 Å². The summed E-state index contributed by atoms with van der Waals surface area (Å²) in [4.78, 5) is 11.7. The molecular formula is C12H14Cl2FNO. The van der Waals surface area contributed by atoms with Crippen LogP contribution in [0.25, 0.3) is 0 Å². The fourth-order valence-electron chi connectivity index (χ4n) is 1.43. The summed E-state index contributed by atoms with van der Waals surface area (Å²) in [5, 5.41) is 2.98. The molecule has 1 aromatic carbocycles. The molecule has 1 unspecified atom stereocenters. The fourth-order valence-corrected chi connectivity index (χ4v) is 1.74. The summed E-state index contributed by atoms with van der Waals surface area (Å²) in [6.45, 7) is 1.86. The quantitative estimate of drug-likeness (QED) is 0.819. The van der Waals surface area contributed by atoms with E-state index in [1.807, 2.05) is 6.92 Å². The molecule has 0 spiro atoms. The Balaban J connectivity index is 2.63. The van der Waals surface area contributed by atoms with Gasteiger partial charge in [0.2, 0.25) is 0 Å². The maximum absolute atomic E-state index is 13.4. The van der Waals surface area contributed by atoms with Gasteiger partial charge < -0.3 is 5.32 Å². The minimum absolute atomic E-state index is 0.00660. The standard InChI is InChI=1S/C12H14Cl2FNO/c1-8(3-2-6-13)16-12(17)10-5-4-9(14)7-11(10)15/h4-5,7-8H,2-3,6H2,1H3,(H,16,17). The Labute approximate surface area is 110 Å².